The normalized spacial score (nSPS) is 10.9. The Labute approximate surface area is 117 Å². The summed E-state index contributed by atoms with van der Waals surface area (Å²) in [4.78, 5) is 8.02. The second kappa shape index (κ2) is 4.56. The van der Waals surface area contributed by atoms with Crippen molar-refractivity contribution in [2.75, 3.05) is 12.8 Å². The van der Waals surface area contributed by atoms with E-state index in [0.29, 0.717) is 11.4 Å². The smallest absolute Gasteiger partial charge is 0.141 e. The number of nitrogen functional groups attached to an aromatic ring is 1. The summed E-state index contributed by atoms with van der Waals surface area (Å²) in [6.45, 7) is 4.15. The molecule has 3 rings (SSSR count). The Hall–Kier alpha value is -2.49. The zero-order valence-electron chi connectivity index (χ0n) is 11.8. The molecule has 4 heteroatoms. The number of hydrogen-bond acceptors (Lipinski definition) is 3. The minimum Gasteiger partial charge on any atom is -0.495 e. The number of H-pyrrole nitrogens is 1. The Morgan fingerprint density at radius 2 is 1.95 bits per heavy atom. The third-order valence-corrected chi connectivity index (χ3v) is 3.42. The number of nitrogens with two attached hydrogens (primary N) is 1. The summed E-state index contributed by atoms with van der Waals surface area (Å²) in [5.74, 6) is 1.50. The largest absolute Gasteiger partial charge is 0.495 e. The van der Waals surface area contributed by atoms with Gasteiger partial charge in [0.1, 0.15) is 11.6 Å². The second-order valence-corrected chi connectivity index (χ2v) is 5.02. The van der Waals surface area contributed by atoms with Crippen LogP contribution in [0.5, 0.6) is 5.75 Å². The molecule has 0 saturated carbocycles. The number of anilines is 1. The monoisotopic (exact) mass is 267 g/mol. The van der Waals surface area contributed by atoms with Gasteiger partial charge in [0.25, 0.3) is 0 Å². The fourth-order valence-corrected chi connectivity index (χ4v) is 2.49. The minimum absolute atomic E-state index is 0.610. The van der Waals surface area contributed by atoms with Crippen molar-refractivity contribution in [1.82, 2.24) is 9.97 Å². The number of nitrogens with zero attached hydrogens (tertiary/aromatic N) is 1. The molecule has 0 radical (unpaired) electrons. The maximum absolute atomic E-state index is 5.95. The van der Waals surface area contributed by atoms with Crippen LogP contribution in [0.1, 0.15) is 11.1 Å². The van der Waals surface area contributed by atoms with E-state index in [-0.39, 0.29) is 0 Å². The van der Waals surface area contributed by atoms with Gasteiger partial charge in [0.2, 0.25) is 0 Å². The molecule has 0 unspecified atom stereocenters. The predicted octanol–water partition coefficient (Wildman–Crippen LogP) is 3.44. The van der Waals surface area contributed by atoms with Gasteiger partial charge in [-0.3, -0.25) is 0 Å². The minimum atomic E-state index is 0.610. The number of fused-ring (bicyclic) bond motifs is 1. The Morgan fingerprint density at radius 3 is 2.65 bits per heavy atom. The first-order valence-electron chi connectivity index (χ1n) is 6.49. The summed E-state index contributed by atoms with van der Waals surface area (Å²) in [7, 11) is 1.61. The summed E-state index contributed by atoms with van der Waals surface area (Å²) in [5, 5.41) is 0. The topological polar surface area (TPSA) is 63.9 Å². The predicted molar refractivity (Wildman–Crippen MR) is 82.0 cm³/mol. The summed E-state index contributed by atoms with van der Waals surface area (Å²) < 4.78 is 5.17. The Kier molecular flexibility index (Phi) is 2.86. The van der Waals surface area contributed by atoms with E-state index in [1.807, 2.05) is 18.2 Å². The number of ether oxygens (including phenoxy) is 1. The summed E-state index contributed by atoms with van der Waals surface area (Å²) in [6, 6.07) is 9.92. The molecule has 102 valence electrons. The van der Waals surface area contributed by atoms with Crippen molar-refractivity contribution in [1.29, 1.82) is 0 Å². The van der Waals surface area contributed by atoms with Gasteiger partial charge in [-0.05, 0) is 49.2 Å². The highest BCUT2D eigenvalue weighted by Gasteiger charge is 2.09. The summed E-state index contributed by atoms with van der Waals surface area (Å²) in [5.41, 5.74) is 12.0. The average molecular weight is 267 g/mol. The Bertz CT molecular complexity index is 790. The van der Waals surface area contributed by atoms with Crippen molar-refractivity contribution in [2.45, 2.75) is 13.8 Å². The SMILES string of the molecule is COc1ccc(-c2nc3c(C)cc(C)cc3[nH]2)cc1N. The molecule has 0 aliphatic rings. The lowest BCUT2D eigenvalue weighted by molar-refractivity contribution is 0.417. The fraction of sp³-hybridized carbons (Fsp3) is 0.188. The molecule has 0 atom stereocenters. The number of imidazole rings is 1. The molecule has 20 heavy (non-hydrogen) atoms. The molecule has 0 saturated heterocycles. The lowest BCUT2D eigenvalue weighted by Crippen LogP contribution is -1.93. The van der Waals surface area contributed by atoms with Crippen LogP contribution in [0.3, 0.4) is 0 Å². The van der Waals surface area contributed by atoms with Crippen LogP contribution < -0.4 is 10.5 Å². The van der Waals surface area contributed by atoms with E-state index in [0.717, 1.165) is 22.4 Å². The quantitative estimate of drug-likeness (QED) is 0.699. The van der Waals surface area contributed by atoms with Gasteiger partial charge in [0, 0.05) is 5.56 Å². The molecule has 0 aliphatic carbocycles. The highest BCUT2D eigenvalue weighted by Crippen LogP contribution is 2.29. The maximum atomic E-state index is 5.95. The molecule has 0 amide bonds. The van der Waals surface area contributed by atoms with Crippen LogP contribution in [0, 0.1) is 13.8 Å². The van der Waals surface area contributed by atoms with Crippen molar-refractivity contribution >= 4 is 16.7 Å². The second-order valence-electron chi connectivity index (χ2n) is 5.02. The Morgan fingerprint density at radius 1 is 1.15 bits per heavy atom. The van der Waals surface area contributed by atoms with E-state index in [1.54, 1.807) is 7.11 Å². The van der Waals surface area contributed by atoms with Crippen molar-refractivity contribution in [3.05, 3.63) is 41.5 Å². The zero-order valence-corrected chi connectivity index (χ0v) is 11.8. The number of hydrogen-bond donors (Lipinski definition) is 2. The molecule has 3 N–H and O–H groups in total. The van der Waals surface area contributed by atoms with E-state index < -0.39 is 0 Å². The molecule has 4 nitrogen and oxygen atoms in total. The number of aryl methyl sites for hydroxylation is 2. The lowest BCUT2D eigenvalue weighted by atomic mass is 10.1. The van der Waals surface area contributed by atoms with Crippen molar-refractivity contribution in [3.63, 3.8) is 0 Å². The van der Waals surface area contributed by atoms with Crippen LogP contribution in [0.15, 0.2) is 30.3 Å². The number of nitrogens with one attached hydrogen (secondary N) is 1. The van der Waals surface area contributed by atoms with Crippen molar-refractivity contribution in [2.24, 2.45) is 0 Å². The molecule has 3 aromatic rings. The van der Waals surface area contributed by atoms with Crippen LogP contribution >= 0.6 is 0 Å². The van der Waals surface area contributed by atoms with Gasteiger partial charge in [-0.1, -0.05) is 6.07 Å². The van der Waals surface area contributed by atoms with Crippen molar-refractivity contribution < 1.29 is 4.74 Å². The van der Waals surface area contributed by atoms with Crippen LogP contribution in [0.25, 0.3) is 22.4 Å². The summed E-state index contributed by atoms with van der Waals surface area (Å²) >= 11 is 0. The van der Waals surface area contributed by atoms with Gasteiger partial charge < -0.3 is 15.5 Å². The first kappa shape index (κ1) is 12.5. The molecule has 0 bridgehead atoms. The average Bonchev–Trinajstić information content (AvgIpc) is 2.82. The molecule has 0 aliphatic heterocycles. The van der Waals surface area contributed by atoms with E-state index in [2.05, 4.69) is 35.9 Å². The molecule has 1 aromatic heterocycles. The van der Waals surface area contributed by atoms with Gasteiger partial charge in [-0.2, -0.15) is 0 Å². The number of aromatic amines is 1. The van der Waals surface area contributed by atoms with Gasteiger partial charge in [-0.25, -0.2) is 4.98 Å². The molecule has 0 spiro atoms. The van der Waals surface area contributed by atoms with E-state index in [9.17, 15) is 0 Å². The van der Waals surface area contributed by atoms with Gasteiger partial charge in [0.05, 0.1) is 23.8 Å². The third kappa shape index (κ3) is 1.99. The Balaban J connectivity index is 2.15. The van der Waals surface area contributed by atoms with E-state index in [4.69, 9.17) is 10.5 Å². The van der Waals surface area contributed by atoms with Gasteiger partial charge in [0.15, 0.2) is 0 Å². The van der Waals surface area contributed by atoms with E-state index >= 15 is 0 Å². The zero-order chi connectivity index (χ0) is 14.3. The van der Waals surface area contributed by atoms with Crippen LogP contribution in [-0.2, 0) is 0 Å². The highest BCUT2D eigenvalue weighted by molar-refractivity contribution is 5.83. The van der Waals surface area contributed by atoms with Gasteiger partial charge >= 0.3 is 0 Å². The molecule has 1 heterocycles. The lowest BCUT2D eigenvalue weighted by Gasteiger charge is -2.05. The number of benzene rings is 2. The third-order valence-electron chi connectivity index (χ3n) is 3.42. The highest BCUT2D eigenvalue weighted by atomic mass is 16.5. The molecular formula is C16H17N3O. The standard InChI is InChI=1S/C16H17N3O/c1-9-6-10(2)15-13(7-9)18-16(19-15)11-4-5-14(20-3)12(17)8-11/h4-8H,17H2,1-3H3,(H,18,19). The molecular weight excluding hydrogens is 250 g/mol. The van der Waals surface area contributed by atoms with Crippen LogP contribution in [0.2, 0.25) is 0 Å². The first-order chi connectivity index (χ1) is 9.58. The van der Waals surface area contributed by atoms with Crippen LogP contribution in [0.4, 0.5) is 5.69 Å². The fourth-order valence-electron chi connectivity index (χ4n) is 2.49. The maximum Gasteiger partial charge on any atom is 0.141 e. The molecule has 0 fully saturated rings. The van der Waals surface area contributed by atoms with Crippen LogP contribution in [-0.4, -0.2) is 17.1 Å². The first-order valence-corrected chi connectivity index (χ1v) is 6.49. The number of methoxy groups -OCH3 is 1. The van der Waals surface area contributed by atoms with Gasteiger partial charge in [-0.15, -0.1) is 0 Å². The number of aromatic nitrogens is 2. The molecule has 2 aromatic carbocycles. The summed E-state index contributed by atoms with van der Waals surface area (Å²) in [6.07, 6.45) is 0. The number of rotatable bonds is 2. The van der Waals surface area contributed by atoms with Crippen molar-refractivity contribution in [3.8, 4) is 17.1 Å². The van der Waals surface area contributed by atoms with E-state index in [1.165, 1.54) is 11.1 Å².